The van der Waals surface area contributed by atoms with Crippen LogP contribution in [0.2, 0.25) is 0 Å². The van der Waals surface area contributed by atoms with Gasteiger partial charge in [-0.15, -0.1) is 0 Å². The second-order valence-corrected chi connectivity index (χ2v) is 5.83. The number of rotatable bonds is 6. The van der Waals surface area contributed by atoms with Gasteiger partial charge in [-0.3, -0.25) is 4.79 Å². The second kappa shape index (κ2) is 7.13. The molecule has 0 saturated heterocycles. The zero-order valence-electron chi connectivity index (χ0n) is 12.4. The minimum Gasteiger partial charge on any atom is -0.465 e. The Bertz CT molecular complexity index is 265. The smallest absolute Gasteiger partial charge is 0.326 e. The van der Waals surface area contributed by atoms with Crippen LogP contribution < -0.4 is 5.32 Å². The molecule has 1 fully saturated rings. The maximum atomic E-state index is 12.3. The molecule has 0 amide bonds. The predicted molar refractivity (Wildman–Crippen MR) is 74.5 cm³/mol. The molecule has 0 radical (unpaired) electrons. The quantitative estimate of drug-likeness (QED) is 0.741. The predicted octanol–water partition coefficient (Wildman–Crippen LogP) is 3.13. The van der Waals surface area contributed by atoms with Gasteiger partial charge in [-0.1, -0.05) is 33.6 Å². The van der Waals surface area contributed by atoms with Crippen LogP contribution in [-0.4, -0.2) is 24.7 Å². The van der Waals surface area contributed by atoms with Gasteiger partial charge in [0.05, 0.1) is 6.61 Å². The Balaban J connectivity index is 2.78. The number of hydrogen-bond donors (Lipinski definition) is 1. The average Bonchev–Trinajstić information content (AvgIpc) is 2.37. The van der Waals surface area contributed by atoms with Crippen LogP contribution >= 0.6 is 0 Å². The molecule has 1 aliphatic rings. The summed E-state index contributed by atoms with van der Waals surface area (Å²) in [5, 5.41) is 3.48. The summed E-state index contributed by atoms with van der Waals surface area (Å²) in [5.41, 5.74) is -0.417. The lowest BCUT2D eigenvalue weighted by molar-refractivity contribution is -0.154. The zero-order chi connectivity index (χ0) is 13.6. The van der Waals surface area contributed by atoms with Gasteiger partial charge in [0.1, 0.15) is 5.54 Å². The van der Waals surface area contributed by atoms with E-state index in [2.05, 4.69) is 26.1 Å². The summed E-state index contributed by atoms with van der Waals surface area (Å²) >= 11 is 0. The Morgan fingerprint density at radius 1 is 1.44 bits per heavy atom. The molecular weight excluding hydrogens is 226 g/mol. The third kappa shape index (κ3) is 3.71. The van der Waals surface area contributed by atoms with E-state index >= 15 is 0 Å². The molecule has 0 bridgehead atoms. The van der Waals surface area contributed by atoms with Crippen molar-refractivity contribution < 1.29 is 9.53 Å². The molecule has 1 rings (SSSR count). The van der Waals surface area contributed by atoms with Crippen molar-refractivity contribution in [3.63, 3.8) is 0 Å². The lowest BCUT2D eigenvalue weighted by Crippen LogP contribution is -2.56. The molecule has 3 nitrogen and oxygen atoms in total. The fourth-order valence-corrected chi connectivity index (χ4v) is 2.94. The standard InChI is InChI=1S/C15H29NO2/c1-5-10-16-15(14(17)18-6-2)9-7-8-13(11-15)12(3)4/h12-13,16H,5-11H2,1-4H3. The lowest BCUT2D eigenvalue weighted by atomic mass is 9.71. The third-order valence-electron chi connectivity index (χ3n) is 4.11. The van der Waals surface area contributed by atoms with Crippen molar-refractivity contribution in [2.75, 3.05) is 13.2 Å². The van der Waals surface area contributed by atoms with Crippen LogP contribution in [-0.2, 0) is 9.53 Å². The van der Waals surface area contributed by atoms with Gasteiger partial charge in [-0.25, -0.2) is 0 Å². The van der Waals surface area contributed by atoms with Crippen LogP contribution in [0.5, 0.6) is 0 Å². The SMILES string of the molecule is CCCNC1(C(=O)OCC)CCCC(C(C)C)C1. The summed E-state index contributed by atoms with van der Waals surface area (Å²) in [6.07, 6.45) is 5.27. The molecule has 0 heterocycles. The molecule has 0 aliphatic heterocycles. The van der Waals surface area contributed by atoms with Crippen molar-refractivity contribution in [1.82, 2.24) is 5.32 Å². The third-order valence-corrected chi connectivity index (χ3v) is 4.11. The molecule has 0 aromatic carbocycles. The Morgan fingerprint density at radius 3 is 2.72 bits per heavy atom. The maximum Gasteiger partial charge on any atom is 0.326 e. The first-order chi connectivity index (χ1) is 8.55. The highest BCUT2D eigenvalue weighted by atomic mass is 16.5. The highest BCUT2D eigenvalue weighted by Gasteiger charge is 2.43. The van der Waals surface area contributed by atoms with E-state index in [9.17, 15) is 4.79 Å². The van der Waals surface area contributed by atoms with E-state index < -0.39 is 5.54 Å². The molecule has 106 valence electrons. The molecule has 0 aromatic rings. The molecule has 2 unspecified atom stereocenters. The Morgan fingerprint density at radius 2 is 2.17 bits per heavy atom. The molecule has 0 aromatic heterocycles. The van der Waals surface area contributed by atoms with Crippen LogP contribution in [0.15, 0.2) is 0 Å². The summed E-state index contributed by atoms with van der Waals surface area (Å²) < 4.78 is 5.31. The van der Waals surface area contributed by atoms with Crippen molar-refractivity contribution in [2.24, 2.45) is 11.8 Å². The van der Waals surface area contributed by atoms with Crippen molar-refractivity contribution in [1.29, 1.82) is 0 Å². The van der Waals surface area contributed by atoms with E-state index in [4.69, 9.17) is 4.74 Å². The number of carbonyl (C=O) groups excluding carboxylic acids is 1. The van der Waals surface area contributed by atoms with Crippen LogP contribution in [0, 0.1) is 11.8 Å². The van der Waals surface area contributed by atoms with E-state index in [1.807, 2.05) is 6.92 Å². The Labute approximate surface area is 112 Å². The average molecular weight is 255 g/mol. The number of carbonyl (C=O) groups is 1. The van der Waals surface area contributed by atoms with E-state index in [1.165, 1.54) is 6.42 Å². The van der Waals surface area contributed by atoms with E-state index in [1.54, 1.807) is 0 Å². The van der Waals surface area contributed by atoms with Crippen LogP contribution in [0.3, 0.4) is 0 Å². The maximum absolute atomic E-state index is 12.3. The summed E-state index contributed by atoms with van der Waals surface area (Å²) in [7, 11) is 0. The fourth-order valence-electron chi connectivity index (χ4n) is 2.94. The van der Waals surface area contributed by atoms with Crippen LogP contribution in [0.1, 0.15) is 59.8 Å². The van der Waals surface area contributed by atoms with Gasteiger partial charge in [-0.2, -0.15) is 0 Å². The zero-order valence-corrected chi connectivity index (χ0v) is 12.4. The van der Waals surface area contributed by atoms with Gasteiger partial charge < -0.3 is 10.1 Å². The largest absolute Gasteiger partial charge is 0.465 e. The van der Waals surface area contributed by atoms with Crippen LogP contribution in [0.25, 0.3) is 0 Å². The lowest BCUT2D eigenvalue weighted by Gasteiger charge is -2.41. The number of esters is 1. The molecular formula is C15H29NO2. The van der Waals surface area contributed by atoms with Crippen molar-refractivity contribution >= 4 is 5.97 Å². The summed E-state index contributed by atoms with van der Waals surface area (Å²) in [5.74, 6) is 1.24. The minimum atomic E-state index is -0.417. The van der Waals surface area contributed by atoms with Gasteiger partial charge >= 0.3 is 5.97 Å². The molecule has 0 spiro atoms. The topological polar surface area (TPSA) is 38.3 Å². The van der Waals surface area contributed by atoms with Crippen LogP contribution in [0.4, 0.5) is 0 Å². The van der Waals surface area contributed by atoms with Gasteiger partial charge in [0.2, 0.25) is 0 Å². The van der Waals surface area contributed by atoms with E-state index in [-0.39, 0.29) is 5.97 Å². The molecule has 1 aliphatic carbocycles. The van der Waals surface area contributed by atoms with Crippen molar-refractivity contribution in [2.45, 2.75) is 65.3 Å². The van der Waals surface area contributed by atoms with Crippen molar-refractivity contribution in [3.05, 3.63) is 0 Å². The molecule has 1 N–H and O–H groups in total. The molecule has 18 heavy (non-hydrogen) atoms. The first-order valence-corrected chi connectivity index (χ1v) is 7.48. The highest BCUT2D eigenvalue weighted by molar-refractivity contribution is 5.81. The first-order valence-electron chi connectivity index (χ1n) is 7.48. The summed E-state index contributed by atoms with van der Waals surface area (Å²) in [6, 6.07) is 0. The fraction of sp³-hybridized carbons (Fsp3) is 0.933. The summed E-state index contributed by atoms with van der Waals surface area (Å²) in [4.78, 5) is 12.3. The normalized spacial score (nSPS) is 28.4. The number of hydrogen-bond acceptors (Lipinski definition) is 3. The van der Waals surface area contributed by atoms with E-state index in [0.29, 0.717) is 18.4 Å². The van der Waals surface area contributed by atoms with E-state index in [0.717, 1.165) is 32.2 Å². The minimum absolute atomic E-state index is 0.0381. The van der Waals surface area contributed by atoms with Gasteiger partial charge in [0.15, 0.2) is 0 Å². The Kier molecular flexibility index (Phi) is 6.13. The molecule has 3 heteroatoms. The second-order valence-electron chi connectivity index (χ2n) is 5.83. The van der Waals surface area contributed by atoms with Gasteiger partial charge in [-0.05, 0) is 44.6 Å². The molecule has 2 atom stereocenters. The van der Waals surface area contributed by atoms with Crippen molar-refractivity contribution in [3.8, 4) is 0 Å². The van der Waals surface area contributed by atoms with Gasteiger partial charge in [0.25, 0.3) is 0 Å². The van der Waals surface area contributed by atoms with Gasteiger partial charge in [0, 0.05) is 0 Å². The molecule has 1 saturated carbocycles. The first kappa shape index (κ1) is 15.5. The monoisotopic (exact) mass is 255 g/mol. The Hall–Kier alpha value is -0.570. The highest BCUT2D eigenvalue weighted by Crippen LogP contribution is 2.37. The number of nitrogens with one attached hydrogen (secondary N) is 1. The number of ether oxygens (including phenoxy) is 1. The summed E-state index contributed by atoms with van der Waals surface area (Å²) in [6.45, 7) is 9.89.